The van der Waals surface area contributed by atoms with Gasteiger partial charge in [0.15, 0.2) is 0 Å². The van der Waals surface area contributed by atoms with Gasteiger partial charge in [-0.15, -0.1) is 0 Å². The van der Waals surface area contributed by atoms with Gasteiger partial charge in [-0.3, -0.25) is 5.32 Å². The number of carbonyl (C=O) groups excluding carboxylic acids is 1. The highest BCUT2D eigenvalue weighted by Crippen LogP contribution is 2.13. The van der Waals surface area contributed by atoms with Crippen molar-refractivity contribution in [2.45, 2.75) is 13.3 Å². The fourth-order valence-corrected chi connectivity index (χ4v) is 1.18. The molecule has 0 aromatic heterocycles. The number of primary amides is 1. The molecular weight excluding hydrogens is 188 g/mol. The minimum atomic E-state index is -0.711. The molecule has 14 heavy (non-hydrogen) atoms. The number of nitrogens with two attached hydrogens (primary N) is 1. The number of amides is 1. The lowest BCUT2D eigenvalue weighted by molar-refractivity contribution is -0.244. The molecule has 3 aliphatic heterocycles. The van der Waals surface area contributed by atoms with Gasteiger partial charge in [0, 0.05) is 12.5 Å². The monoisotopic (exact) mass is 204 g/mol. The highest BCUT2D eigenvalue weighted by molar-refractivity contribution is 5.64. The second kappa shape index (κ2) is 5.79. The number of rotatable bonds is 1. The van der Waals surface area contributed by atoms with E-state index in [1.807, 2.05) is 0 Å². The fraction of sp³-hybridized carbons (Fsp3) is 0.875. The third kappa shape index (κ3) is 3.91. The van der Waals surface area contributed by atoms with Gasteiger partial charge in [-0.25, -0.2) is 4.79 Å². The molecule has 0 atom stereocenters. The van der Waals surface area contributed by atoms with E-state index in [1.54, 1.807) is 6.92 Å². The van der Waals surface area contributed by atoms with E-state index in [-0.39, 0.29) is 6.41 Å². The van der Waals surface area contributed by atoms with Crippen molar-refractivity contribution in [3.63, 3.8) is 0 Å². The Balaban J connectivity index is 0.000000149. The number of ether oxygens (including phenoxy) is 3. The SMILES string of the molecule is C1NC2OCC1CO2.CCOC(N)=O. The first-order chi connectivity index (χ1) is 6.72. The van der Waals surface area contributed by atoms with Gasteiger partial charge in [0.2, 0.25) is 6.41 Å². The van der Waals surface area contributed by atoms with Crippen molar-refractivity contribution in [2.24, 2.45) is 11.7 Å². The molecule has 3 N–H and O–H groups in total. The van der Waals surface area contributed by atoms with E-state index in [4.69, 9.17) is 9.47 Å². The normalized spacial score (nSPS) is 28.9. The highest BCUT2D eigenvalue weighted by atomic mass is 16.7. The molecule has 1 amide bonds. The standard InChI is InChI=1S/C5H9NO2.C3H7NO2/c1-4-2-7-5(6-1)8-3-4;1-2-6-3(4)5/h4-6H,1-3H2;2H2,1H3,(H2,4,5). The summed E-state index contributed by atoms with van der Waals surface area (Å²) in [5, 5.41) is 3.07. The predicted octanol–water partition coefficient (Wildman–Crippen LogP) is -0.362. The summed E-state index contributed by atoms with van der Waals surface area (Å²) in [6, 6.07) is 0. The quantitative estimate of drug-likeness (QED) is 0.609. The van der Waals surface area contributed by atoms with E-state index < -0.39 is 6.09 Å². The van der Waals surface area contributed by atoms with Gasteiger partial charge in [-0.2, -0.15) is 0 Å². The molecule has 6 nitrogen and oxygen atoms in total. The van der Waals surface area contributed by atoms with E-state index in [0.717, 1.165) is 19.8 Å². The van der Waals surface area contributed by atoms with Crippen LogP contribution in [0.4, 0.5) is 4.79 Å². The minimum absolute atomic E-state index is 0.0972. The Bertz CT molecular complexity index is 157. The molecular formula is C8H16N2O4. The summed E-state index contributed by atoms with van der Waals surface area (Å²) in [6.07, 6.45) is -0.808. The van der Waals surface area contributed by atoms with E-state index in [2.05, 4.69) is 15.8 Å². The van der Waals surface area contributed by atoms with Crippen molar-refractivity contribution in [1.29, 1.82) is 0 Å². The van der Waals surface area contributed by atoms with Crippen molar-refractivity contribution in [2.75, 3.05) is 26.4 Å². The Kier molecular flexibility index (Phi) is 4.64. The van der Waals surface area contributed by atoms with Gasteiger partial charge >= 0.3 is 6.09 Å². The zero-order valence-electron chi connectivity index (χ0n) is 8.19. The zero-order chi connectivity index (χ0) is 10.4. The summed E-state index contributed by atoms with van der Waals surface area (Å²) < 4.78 is 14.5. The Labute approximate surface area is 82.7 Å². The second-order valence-electron chi connectivity index (χ2n) is 3.02. The zero-order valence-corrected chi connectivity index (χ0v) is 8.19. The fourth-order valence-electron chi connectivity index (χ4n) is 1.18. The van der Waals surface area contributed by atoms with Crippen LogP contribution in [0, 0.1) is 5.92 Å². The number of hydrogen-bond acceptors (Lipinski definition) is 5. The molecule has 6 heteroatoms. The van der Waals surface area contributed by atoms with Crippen LogP contribution in [-0.4, -0.2) is 38.9 Å². The molecule has 0 unspecified atom stereocenters. The Morgan fingerprint density at radius 2 is 2.21 bits per heavy atom. The van der Waals surface area contributed by atoms with Crippen LogP contribution >= 0.6 is 0 Å². The minimum Gasteiger partial charge on any atom is -0.450 e. The van der Waals surface area contributed by atoms with E-state index in [9.17, 15) is 4.79 Å². The maximum Gasteiger partial charge on any atom is 0.404 e. The summed E-state index contributed by atoms with van der Waals surface area (Å²) in [5.41, 5.74) is 4.54. The molecule has 0 aromatic carbocycles. The van der Waals surface area contributed by atoms with Crippen LogP contribution in [0.15, 0.2) is 0 Å². The Morgan fingerprint density at radius 3 is 2.29 bits per heavy atom. The maximum atomic E-state index is 9.60. The molecule has 0 spiro atoms. The summed E-state index contributed by atoms with van der Waals surface area (Å²) in [7, 11) is 0. The first-order valence-corrected chi connectivity index (χ1v) is 4.61. The predicted molar refractivity (Wildman–Crippen MR) is 48.4 cm³/mol. The summed E-state index contributed by atoms with van der Waals surface area (Å²) in [4.78, 5) is 9.60. The van der Waals surface area contributed by atoms with Gasteiger partial charge in [0.25, 0.3) is 0 Å². The smallest absolute Gasteiger partial charge is 0.404 e. The molecule has 82 valence electrons. The van der Waals surface area contributed by atoms with E-state index in [0.29, 0.717) is 12.5 Å². The maximum absolute atomic E-state index is 9.60. The van der Waals surface area contributed by atoms with Crippen molar-refractivity contribution in [3.8, 4) is 0 Å². The molecule has 0 aromatic rings. The number of carbonyl (C=O) groups is 1. The number of nitrogens with one attached hydrogen (secondary N) is 1. The molecule has 0 radical (unpaired) electrons. The lowest BCUT2D eigenvalue weighted by Gasteiger charge is -2.36. The molecule has 3 saturated heterocycles. The van der Waals surface area contributed by atoms with Gasteiger partial charge in [-0.05, 0) is 6.92 Å². The van der Waals surface area contributed by atoms with Crippen molar-refractivity contribution in [3.05, 3.63) is 0 Å². The van der Waals surface area contributed by atoms with Gasteiger partial charge in [0.05, 0.1) is 19.8 Å². The molecule has 0 aliphatic carbocycles. The Morgan fingerprint density at radius 1 is 1.57 bits per heavy atom. The van der Waals surface area contributed by atoms with Crippen LogP contribution in [0.25, 0.3) is 0 Å². The molecule has 3 aliphatic rings. The van der Waals surface area contributed by atoms with E-state index >= 15 is 0 Å². The second-order valence-corrected chi connectivity index (χ2v) is 3.02. The number of fused-ring (bicyclic) bond motifs is 3. The lowest BCUT2D eigenvalue weighted by atomic mass is 10.1. The Hall–Kier alpha value is -0.850. The molecule has 2 bridgehead atoms. The third-order valence-corrected chi connectivity index (χ3v) is 1.83. The van der Waals surface area contributed by atoms with E-state index in [1.165, 1.54) is 0 Å². The third-order valence-electron chi connectivity index (χ3n) is 1.83. The van der Waals surface area contributed by atoms with Crippen molar-refractivity contribution < 1.29 is 19.0 Å². The topological polar surface area (TPSA) is 82.8 Å². The summed E-state index contributed by atoms with van der Waals surface area (Å²) in [6.45, 7) is 4.86. The van der Waals surface area contributed by atoms with Crippen molar-refractivity contribution in [1.82, 2.24) is 5.32 Å². The summed E-state index contributed by atoms with van der Waals surface area (Å²) >= 11 is 0. The largest absolute Gasteiger partial charge is 0.450 e. The van der Waals surface area contributed by atoms with Gasteiger partial charge < -0.3 is 19.9 Å². The van der Waals surface area contributed by atoms with Gasteiger partial charge in [-0.1, -0.05) is 0 Å². The summed E-state index contributed by atoms with van der Waals surface area (Å²) in [5.74, 6) is 0.597. The highest BCUT2D eigenvalue weighted by Gasteiger charge is 2.27. The molecule has 3 heterocycles. The van der Waals surface area contributed by atoms with Crippen LogP contribution in [0.1, 0.15) is 6.92 Å². The van der Waals surface area contributed by atoms with Crippen LogP contribution in [0.5, 0.6) is 0 Å². The van der Waals surface area contributed by atoms with Crippen LogP contribution in [0.3, 0.4) is 0 Å². The van der Waals surface area contributed by atoms with Crippen LogP contribution in [0.2, 0.25) is 0 Å². The average Bonchev–Trinajstić information content (AvgIpc) is 2.21. The van der Waals surface area contributed by atoms with Crippen LogP contribution in [-0.2, 0) is 14.2 Å². The first-order valence-electron chi connectivity index (χ1n) is 4.61. The van der Waals surface area contributed by atoms with Gasteiger partial charge in [0.1, 0.15) is 0 Å². The molecule has 0 saturated carbocycles. The van der Waals surface area contributed by atoms with Crippen molar-refractivity contribution >= 4 is 6.09 Å². The van der Waals surface area contributed by atoms with Crippen LogP contribution < -0.4 is 11.1 Å². The molecule has 3 fully saturated rings. The average molecular weight is 204 g/mol. The lowest BCUT2D eigenvalue weighted by Crippen LogP contribution is -2.52. The first kappa shape index (κ1) is 11.2. The number of hydrogen-bond donors (Lipinski definition) is 2. The molecule has 3 rings (SSSR count).